The van der Waals surface area contributed by atoms with Crippen LogP contribution in [0.3, 0.4) is 0 Å². The number of piperazine rings is 1. The minimum Gasteiger partial charge on any atom is -0.370 e. The third-order valence-corrected chi connectivity index (χ3v) is 7.80. The van der Waals surface area contributed by atoms with Crippen molar-refractivity contribution in [3.05, 3.63) is 28.2 Å². The Hall–Kier alpha value is -3.00. The number of sulfonamides is 1. The van der Waals surface area contributed by atoms with Crippen molar-refractivity contribution < 1.29 is 18.1 Å². The number of nitrogens with zero attached hydrogens (tertiary/aromatic N) is 5. The van der Waals surface area contributed by atoms with E-state index in [1.54, 1.807) is 7.05 Å². The first-order chi connectivity index (χ1) is 15.8. The predicted octanol–water partition coefficient (Wildman–Crippen LogP) is 0.403. The number of hydrogen-bond donors (Lipinski definition) is 2. The molecule has 1 saturated heterocycles. The van der Waals surface area contributed by atoms with Gasteiger partial charge in [0.1, 0.15) is 11.3 Å². The van der Waals surface area contributed by atoms with Crippen LogP contribution in [-0.4, -0.2) is 70.6 Å². The maximum Gasteiger partial charge on any atom is 0.277 e. The van der Waals surface area contributed by atoms with Gasteiger partial charge < -0.3 is 19.6 Å². The van der Waals surface area contributed by atoms with Crippen molar-refractivity contribution in [3.63, 3.8) is 0 Å². The molecule has 176 valence electrons. The van der Waals surface area contributed by atoms with Gasteiger partial charge in [-0.1, -0.05) is 13.3 Å². The zero-order chi connectivity index (χ0) is 23.3. The average Bonchev–Trinajstić information content (AvgIpc) is 3.38. The van der Waals surface area contributed by atoms with Crippen molar-refractivity contribution in [3.8, 4) is 22.9 Å². The Balaban J connectivity index is 1.66. The summed E-state index contributed by atoms with van der Waals surface area (Å²) in [7, 11) is -0.145. The molecule has 13 heteroatoms. The van der Waals surface area contributed by atoms with E-state index in [0.29, 0.717) is 54.9 Å². The standard InChI is InChI=1S/C20H25N7O5S/c1-4-5-14-16-17(26(3)23-14)20(28)22-19(21-16)13-10-12(11-15-18(13)32-24-31-15)33(29,30)27-8-6-25(2)7-9-27/h10-11,24H,4-9H2,1-3H3,(H,21,22,28). The van der Waals surface area contributed by atoms with Crippen molar-refractivity contribution in [1.82, 2.24) is 34.6 Å². The second-order valence-electron chi connectivity index (χ2n) is 8.22. The lowest BCUT2D eigenvalue weighted by Crippen LogP contribution is -2.47. The second-order valence-corrected chi connectivity index (χ2v) is 10.2. The lowest BCUT2D eigenvalue weighted by molar-refractivity contribution is 0.0261. The lowest BCUT2D eigenvalue weighted by atomic mass is 10.1. The maximum absolute atomic E-state index is 13.4. The van der Waals surface area contributed by atoms with Gasteiger partial charge in [-0.25, -0.2) is 13.4 Å². The summed E-state index contributed by atoms with van der Waals surface area (Å²) in [5, 5.41) is 4.43. The fourth-order valence-corrected chi connectivity index (χ4v) is 5.61. The molecule has 0 atom stereocenters. The molecule has 3 aromatic rings. The summed E-state index contributed by atoms with van der Waals surface area (Å²) in [5.74, 6) is 0.621. The number of hydrogen-bond acceptors (Lipinski definition) is 9. The summed E-state index contributed by atoms with van der Waals surface area (Å²) in [6, 6.07) is 2.87. The summed E-state index contributed by atoms with van der Waals surface area (Å²) < 4.78 is 29.7. The zero-order valence-electron chi connectivity index (χ0n) is 18.6. The third kappa shape index (κ3) is 3.66. The fourth-order valence-electron chi connectivity index (χ4n) is 4.15. The van der Waals surface area contributed by atoms with Crippen LogP contribution in [0.5, 0.6) is 11.5 Å². The van der Waals surface area contributed by atoms with Crippen molar-refractivity contribution in [1.29, 1.82) is 0 Å². The van der Waals surface area contributed by atoms with Gasteiger partial charge in [-0.15, -0.1) is 0 Å². The van der Waals surface area contributed by atoms with E-state index in [0.717, 1.165) is 6.42 Å². The Bertz CT molecular complexity index is 1390. The molecule has 0 saturated carbocycles. The van der Waals surface area contributed by atoms with Gasteiger partial charge in [0.05, 0.1) is 16.2 Å². The Kier molecular flexibility index (Phi) is 5.35. The highest BCUT2D eigenvalue weighted by atomic mass is 32.2. The first kappa shape index (κ1) is 21.8. The van der Waals surface area contributed by atoms with E-state index in [-0.39, 0.29) is 27.8 Å². The van der Waals surface area contributed by atoms with Crippen LogP contribution in [0.2, 0.25) is 0 Å². The molecule has 0 bridgehead atoms. The highest BCUT2D eigenvalue weighted by molar-refractivity contribution is 7.89. The molecule has 2 aromatic heterocycles. The minimum absolute atomic E-state index is 0.0378. The molecule has 5 rings (SSSR count). The largest absolute Gasteiger partial charge is 0.370 e. The summed E-state index contributed by atoms with van der Waals surface area (Å²) in [6.07, 6.45) is 1.50. The monoisotopic (exact) mass is 475 g/mol. The van der Waals surface area contributed by atoms with Gasteiger partial charge in [0.15, 0.2) is 11.3 Å². The van der Waals surface area contributed by atoms with Gasteiger partial charge in [0.25, 0.3) is 5.56 Å². The molecule has 1 fully saturated rings. The zero-order valence-corrected chi connectivity index (χ0v) is 19.4. The molecule has 0 radical (unpaired) electrons. The summed E-state index contributed by atoms with van der Waals surface area (Å²) in [4.78, 5) is 33.1. The van der Waals surface area contributed by atoms with Crippen LogP contribution in [0, 0.1) is 0 Å². The van der Waals surface area contributed by atoms with Crippen molar-refractivity contribution in [2.45, 2.75) is 24.7 Å². The summed E-state index contributed by atoms with van der Waals surface area (Å²) in [5.41, 5.74) is 3.76. The number of fused-ring (bicyclic) bond motifs is 2. The van der Waals surface area contributed by atoms with Crippen LogP contribution in [0.25, 0.3) is 22.4 Å². The van der Waals surface area contributed by atoms with Crippen LogP contribution in [0.1, 0.15) is 19.0 Å². The molecule has 2 N–H and O–H groups in total. The molecule has 1 aromatic carbocycles. The van der Waals surface area contributed by atoms with Gasteiger partial charge >= 0.3 is 0 Å². The third-order valence-electron chi connectivity index (χ3n) is 5.93. The van der Waals surface area contributed by atoms with Gasteiger partial charge in [0, 0.05) is 44.9 Å². The number of H-pyrrole nitrogens is 1. The molecule has 2 aliphatic heterocycles. The Morgan fingerprint density at radius 2 is 1.88 bits per heavy atom. The molecule has 33 heavy (non-hydrogen) atoms. The smallest absolute Gasteiger partial charge is 0.277 e. The number of likely N-dealkylation sites (N-methyl/N-ethyl adjacent to an activating group) is 1. The van der Waals surface area contributed by atoms with Crippen LogP contribution in [0.15, 0.2) is 21.8 Å². The molecule has 0 spiro atoms. The van der Waals surface area contributed by atoms with Crippen LogP contribution < -0.4 is 20.9 Å². The first-order valence-electron chi connectivity index (χ1n) is 10.7. The average molecular weight is 476 g/mol. The topological polar surface area (TPSA) is 135 Å². The Morgan fingerprint density at radius 1 is 1.12 bits per heavy atom. The number of nitrogens with one attached hydrogen (secondary N) is 2. The van der Waals surface area contributed by atoms with Crippen LogP contribution in [0.4, 0.5) is 0 Å². The number of benzene rings is 1. The molecule has 0 unspecified atom stereocenters. The molecule has 4 heterocycles. The number of aryl methyl sites for hydroxylation is 2. The molecule has 0 amide bonds. The quantitative estimate of drug-likeness (QED) is 0.538. The molecular formula is C20H25N7O5S. The maximum atomic E-state index is 13.4. The summed E-state index contributed by atoms with van der Waals surface area (Å²) >= 11 is 0. The van der Waals surface area contributed by atoms with Crippen LogP contribution in [-0.2, 0) is 23.5 Å². The van der Waals surface area contributed by atoms with Crippen molar-refractivity contribution in [2.24, 2.45) is 7.05 Å². The fraction of sp³-hybridized carbons (Fsp3) is 0.450. The van der Waals surface area contributed by atoms with Crippen molar-refractivity contribution >= 4 is 21.1 Å². The van der Waals surface area contributed by atoms with E-state index in [2.05, 4.69) is 25.6 Å². The van der Waals surface area contributed by atoms with Crippen molar-refractivity contribution in [2.75, 3.05) is 33.2 Å². The normalized spacial score (nSPS) is 17.2. The van der Waals surface area contributed by atoms with E-state index in [1.807, 2.05) is 14.0 Å². The number of aromatic amines is 1. The van der Waals surface area contributed by atoms with Gasteiger partial charge in [-0.2, -0.15) is 9.40 Å². The highest BCUT2D eigenvalue weighted by Gasteiger charge is 2.32. The lowest BCUT2D eigenvalue weighted by Gasteiger charge is -2.31. The second kappa shape index (κ2) is 8.09. The molecule has 0 aliphatic carbocycles. The Labute approximate surface area is 190 Å². The van der Waals surface area contributed by atoms with E-state index >= 15 is 0 Å². The molecule has 2 aliphatic rings. The van der Waals surface area contributed by atoms with E-state index in [1.165, 1.54) is 21.1 Å². The molecule has 12 nitrogen and oxygen atoms in total. The highest BCUT2D eigenvalue weighted by Crippen LogP contribution is 2.42. The van der Waals surface area contributed by atoms with E-state index < -0.39 is 10.0 Å². The molecular weight excluding hydrogens is 450 g/mol. The predicted molar refractivity (Wildman–Crippen MR) is 119 cm³/mol. The number of rotatable bonds is 5. The summed E-state index contributed by atoms with van der Waals surface area (Å²) in [6.45, 7) is 4.08. The van der Waals surface area contributed by atoms with Gasteiger partial charge in [-0.3, -0.25) is 9.48 Å². The van der Waals surface area contributed by atoms with E-state index in [9.17, 15) is 13.2 Å². The van der Waals surface area contributed by atoms with Gasteiger partial charge in [0.2, 0.25) is 15.8 Å². The minimum atomic E-state index is -3.80. The first-order valence-corrected chi connectivity index (χ1v) is 12.1. The number of aromatic nitrogens is 4. The van der Waals surface area contributed by atoms with Crippen LogP contribution >= 0.6 is 0 Å². The Morgan fingerprint density at radius 3 is 2.61 bits per heavy atom. The van der Waals surface area contributed by atoms with E-state index in [4.69, 9.17) is 9.68 Å². The van der Waals surface area contributed by atoms with Gasteiger partial charge in [-0.05, 0) is 19.5 Å². The SMILES string of the molecule is CCCc1nn(C)c2c(=O)[nH]c(-c3cc(S(=O)(=O)N4CCN(C)CC4)cc4c3ONO4)nc12.